The number of esters is 1. The van der Waals surface area contributed by atoms with Crippen molar-refractivity contribution in [3.8, 4) is 17.4 Å². The molecule has 0 bridgehead atoms. The fraction of sp³-hybridized carbons (Fsp3) is 0.125. The molecule has 0 atom stereocenters. The van der Waals surface area contributed by atoms with Crippen molar-refractivity contribution < 1.29 is 18.7 Å². The van der Waals surface area contributed by atoms with Crippen LogP contribution in [0.1, 0.15) is 27.2 Å². The molecule has 156 valence electrons. The van der Waals surface area contributed by atoms with Gasteiger partial charge in [-0.05, 0) is 55.3 Å². The van der Waals surface area contributed by atoms with Crippen LogP contribution in [0.15, 0.2) is 58.5 Å². The van der Waals surface area contributed by atoms with Crippen LogP contribution in [0.4, 0.5) is 5.69 Å². The zero-order chi connectivity index (χ0) is 22.5. The number of anilines is 1. The zero-order valence-corrected chi connectivity index (χ0v) is 17.9. The molecule has 0 spiro atoms. The van der Waals surface area contributed by atoms with Gasteiger partial charge in [-0.3, -0.25) is 4.79 Å². The molecule has 1 heterocycles. The van der Waals surface area contributed by atoms with Gasteiger partial charge in [-0.1, -0.05) is 29.8 Å². The van der Waals surface area contributed by atoms with Crippen LogP contribution in [0.25, 0.3) is 17.4 Å². The fourth-order valence-corrected chi connectivity index (χ4v) is 3.14. The second-order valence-electron chi connectivity index (χ2n) is 6.83. The van der Waals surface area contributed by atoms with Crippen molar-refractivity contribution >= 4 is 35.2 Å². The third-order valence-corrected chi connectivity index (χ3v) is 4.89. The number of methoxy groups -OCH3 is 1. The van der Waals surface area contributed by atoms with Gasteiger partial charge >= 0.3 is 5.97 Å². The number of benzene rings is 2. The maximum absolute atomic E-state index is 12.6. The van der Waals surface area contributed by atoms with Gasteiger partial charge in [0.25, 0.3) is 5.91 Å². The topological polar surface area (TPSA) is 92.3 Å². The van der Waals surface area contributed by atoms with E-state index in [0.29, 0.717) is 22.8 Å². The molecule has 0 aliphatic carbocycles. The summed E-state index contributed by atoms with van der Waals surface area (Å²) >= 11 is 6.16. The van der Waals surface area contributed by atoms with Gasteiger partial charge in [-0.15, -0.1) is 0 Å². The van der Waals surface area contributed by atoms with E-state index in [1.807, 2.05) is 38.1 Å². The van der Waals surface area contributed by atoms with Gasteiger partial charge in [0.2, 0.25) is 0 Å². The zero-order valence-electron chi connectivity index (χ0n) is 17.2. The SMILES string of the molecule is COC(=O)c1ccc(-c2ccc(/C=C(\C#N)C(=O)Nc3cc(C)ccc3C)o2)cc1Cl. The maximum atomic E-state index is 12.6. The van der Waals surface area contributed by atoms with Gasteiger partial charge in [-0.25, -0.2) is 4.79 Å². The Morgan fingerprint density at radius 1 is 1.13 bits per heavy atom. The highest BCUT2D eigenvalue weighted by Gasteiger charge is 2.15. The quantitative estimate of drug-likeness (QED) is 0.323. The molecule has 1 aromatic heterocycles. The third kappa shape index (κ3) is 5.03. The van der Waals surface area contributed by atoms with Crippen molar-refractivity contribution in [1.29, 1.82) is 5.26 Å². The Labute approximate surface area is 184 Å². The Hall–Kier alpha value is -3.82. The number of nitrogens with one attached hydrogen (secondary N) is 1. The van der Waals surface area contributed by atoms with E-state index in [0.717, 1.165) is 11.1 Å². The predicted molar refractivity (Wildman–Crippen MR) is 119 cm³/mol. The van der Waals surface area contributed by atoms with Crippen molar-refractivity contribution in [3.63, 3.8) is 0 Å². The number of amides is 1. The Bertz CT molecular complexity index is 1230. The number of hydrogen-bond acceptors (Lipinski definition) is 5. The van der Waals surface area contributed by atoms with Crippen LogP contribution >= 0.6 is 11.6 Å². The minimum Gasteiger partial charge on any atom is -0.465 e. The molecule has 0 aliphatic rings. The van der Waals surface area contributed by atoms with Crippen molar-refractivity contribution in [2.75, 3.05) is 12.4 Å². The average Bonchev–Trinajstić information content (AvgIpc) is 3.22. The second kappa shape index (κ2) is 9.33. The van der Waals surface area contributed by atoms with E-state index in [1.165, 1.54) is 13.2 Å². The first-order valence-corrected chi connectivity index (χ1v) is 9.68. The smallest absolute Gasteiger partial charge is 0.339 e. The van der Waals surface area contributed by atoms with Crippen LogP contribution in [0.5, 0.6) is 0 Å². The van der Waals surface area contributed by atoms with E-state index in [-0.39, 0.29) is 16.2 Å². The monoisotopic (exact) mass is 434 g/mol. The number of nitrogens with zero attached hydrogens (tertiary/aromatic N) is 1. The molecule has 0 saturated heterocycles. The van der Waals surface area contributed by atoms with Crippen molar-refractivity contribution in [3.05, 3.63) is 81.6 Å². The normalized spacial score (nSPS) is 11.0. The molecule has 2 aromatic carbocycles. The minimum atomic E-state index is -0.534. The Kier molecular flexibility index (Phi) is 6.58. The lowest BCUT2D eigenvalue weighted by Gasteiger charge is -2.08. The molecule has 0 fully saturated rings. The average molecular weight is 435 g/mol. The summed E-state index contributed by atoms with van der Waals surface area (Å²) in [5.41, 5.74) is 3.32. The summed E-state index contributed by atoms with van der Waals surface area (Å²) in [6.07, 6.45) is 1.37. The third-order valence-electron chi connectivity index (χ3n) is 4.58. The minimum absolute atomic E-state index is 0.0964. The summed E-state index contributed by atoms with van der Waals surface area (Å²) < 4.78 is 10.4. The highest BCUT2D eigenvalue weighted by Crippen LogP contribution is 2.28. The van der Waals surface area contributed by atoms with Crippen molar-refractivity contribution in [2.24, 2.45) is 0 Å². The van der Waals surface area contributed by atoms with Gasteiger partial charge in [0.15, 0.2) is 0 Å². The molecule has 0 saturated carbocycles. The molecule has 0 aliphatic heterocycles. The Morgan fingerprint density at radius 2 is 1.90 bits per heavy atom. The van der Waals surface area contributed by atoms with Crippen LogP contribution in [0.2, 0.25) is 5.02 Å². The lowest BCUT2D eigenvalue weighted by molar-refractivity contribution is -0.112. The van der Waals surface area contributed by atoms with E-state index in [2.05, 4.69) is 10.1 Å². The molecule has 1 amide bonds. The first-order valence-electron chi connectivity index (χ1n) is 9.31. The molecule has 0 radical (unpaired) electrons. The Balaban J connectivity index is 1.83. The number of nitriles is 1. The van der Waals surface area contributed by atoms with E-state index in [1.54, 1.807) is 30.3 Å². The fourth-order valence-electron chi connectivity index (χ4n) is 2.88. The van der Waals surface area contributed by atoms with Crippen LogP contribution in [-0.2, 0) is 9.53 Å². The number of hydrogen-bond donors (Lipinski definition) is 1. The van der Waals surface area contributed by atoms with Gasteiger partial charge in [-0.2, -0.15) is 5.26 Å². The molecule has 31 heavy (non-hydrogen) atoms. The van der Waals surface area contributed by atoms with Gasteiger partial charge < -0.3 is 14.5 Å². The number of furan rings is 1. The highest BCUT2D eigenvalue weighted by atomic mass is 35.5. The number of rotatable bonds is 5. The number of ether oxygens (including phenoxy) is 1. The summed E-state index contributed by atoms with van der Waals surface area (Å²) in [7, 11) is 1.28. The maximum Gasteiger partial charge on any atom is 0.339 e. The summed E-state index contributed by atoms with van der Waals surface area (Å²) in [4.78, 5) is 24.2. The number of aryl methyl sites for hydroxylation is 2. The predicted octanol–water partition coefficient (Wildman–Crippen LogP) is 5.55. The molecule has 7 heteroatoms. The van der Waals surface area contributed by atoms with Crippen molar-refractivity contribution in [2.45, 2.75) is 13.8 Å². The first-order chi connectivity index (χ1) is 14.8. The molecular formula is C24H19ClN2O4. The summed E-state index contributed by atoms with van der Waals surface area (Å²) in [5.74, 6) is -0.264. The lowest BCUT2D eigenvalue weighted by Crippen LogP contribution is -2.14. The van der Waals surface area contributed by atoms with E-state index in [4.69, 9.17) is 16.0 Å². The van der Waals surface area contributed by atoms with Crippen LogP contribution < -0.4 is 5.32 Å². The van der Waals surface area contributed by atoms with Crippen LogP contribution in [0.3, 0.4) is 0 Å². The molecule has 1 N–H and O–H groups in total. The van der Waals surface area contributed by atoms with Crippen LogP contribution in [-0.4, -0.2) is 19.0 Å². The van der Waals surface area contributed by atoms with Gasteiger partial charge in [0.1, 0.15) is 23.2 Å². The molecule has 0 unspecified atom stereocenters. The number of halogens is 1. The second-order valence-corrected chi connectivity index (χ2v) is 7.24. The van der Waals surface area contributed by atoms with E-state index >= 15 is 0 Å². The largest absolute Gasteiger partial charge is 0.465 e. The Morgan fingerprint density at radius 3 is 2.58 bits per heavy atom. The molecular weight excluding hydrogens is 416 g/mol. The standard InChI is InChI=1S/C24H19ClN2O4/c1-14-4-5-15(2)21(10-14)27-23(28)17(13-26)11-18-7-9-22(31-18)16-6-8-19(20(25)12-16)24(29)30-3/h4-12H,1-3H3,(H,27,28)/b17-11+. The van der Waals surface area contributed by atoms with Gasteiger partial charge in [0, 0.05) is 17.3 Å². The van der Waals surface area contributed by atoms with Gasteiger partial charge in [0.05, 0.1) is 17.7 Å². The van der Waals surface area contributed by atoms with E-state index in [9.17, 15) is 14.9 Å². The summed E-state index contributed by atoms with van der Waals surface area (Å²) in [5, 5.41) is 12.4. The first kappa shape index (κ1) is 21.9. The van der Waals surface area contributed by atoms with Crippen LogP contribution in [0, 0.1) is 25.2 Å². The summed E-state index contributed by atoms with van der Waals surface area (Å²) in [6.45, 7) is 3.80. The lowest BCUT2D eigenvalue weighted by atomic mass is 10.1. The number of carbonyl (C=O) groups excluding carboxylic acids is 2. The summed E-state index contributed by atoms with van der Waals surface area (Å²) in [6, 6.07) is 15.7. The highest BCUT2D eigenvalue weighted by molar-refractivity contribution is 6.33. The number of carbonyl (C=O) groups is 2. The van der Waals surface area contributed by atoms with E-state index < -0.39 is 11.9 Å². The molecule has 3 rings (SSSR count). The molecule has 3 aromatic rings. The molecule has 6 nitrogen and oxygen atoms in total. The van der Waals surface area contributed by atoms with Crippen molar-refractivity contribution in [1.82, 2.24) is 0 Å².